The first-order valence-corrected chi connectivity index (χ1v) is 9.52. The molecule has 3 aliphatic rings. The van der Waals surface area contributed by atoms with Crippen molar-refractivity contribution in [2.75, 3.05) is 0 Å². The lowest BCUT2D eigenvalue weighted by molar-refractivity contribution is -0.255. The van der Waals surface area contributed by atoms with E-state index in [1.807, 2.05) is 0 Å². The third-order valence-corrected chi connectivity index (χ3v) is 6.83. The number of hydrogen-bond acceptors (Lipinski definition) is 2. The van der Waals surface area contributed by atoms with Gasteiger partial charge >= 0.3 is 0 Å². The van der Waals surface area contributed by atoms with E-state index in [1.54, 1.807) is 0 Å². The van der Waals surface area contributed by atoms with E-state index >= 15 is 0 Å². The molecule has 4 rings (SSSR count). The van der Waals surface area contributed by atoms with Gasteiger partial charge in [-0.05, 0) is 49.0 Å². The Kier molecular flexibility index (Phi) is 3.89. The lowest BCUT2D eigenvalue weighted by atomic mass is 9.69. The van der Waals surface area contributed by atoms with Gasteiger partial charge in [-0.25, -0.2) is 0 Å². The number of fused-ring (bicyclic) bond motifs is 4. The zero-order valence-corrected chi connectivity index (χ0v) is 15.4. The lowest BCUT2D eigenvalue weighted by Gasteiger charge is -2.53. The molecule has 2 heteroatoms. The summed E-state index contributed by atoms with van der Waals surface area (Å²) in [6.45, 7) is 9.91. The van der Waals surface area contributed by atoms with Crippen molar-refractivity contribution >= 4 is 0 Å². The van der Waals surface area contributed by atoms with Crippen LogP contribution in [0.3, 0.4) is 0 Å². The largest absolute Gasteiger partial charge is 0.370 e. The molecule has 1 saturated heterocycles. The molecule has 0 aromatic heterocycles. The van der Waals surface area contributed by atoms with Crippen LogP contribution in [0.1, 0.15) is 46.1 Å². The molecular weight excluding hydrogens is 296 g/mol. The predicted octanol–water partition coefficient (Wildman–Crippen LogP) is 4.99. The van der Waals surface area contributed by atoms with Crippen molar-refractivity contribution in [3.8, 4) is 0 Å². The van der Waals surface area contributed by atoms with Gasteiger partial charge in [-0.1, -0.05) is 63.3 Å². The minimum atomic E-state index is -0.275. The van der Waals surface area contributed by atoms with Crippen molar-refractivity contribution in [3.63, 3.8) is 0 Å². The SMILES string of the molecule is CC1CC[C@@H]2C1[C@@H](OCc1ccccc1)[C@@]1(C(C)C)C=CC2(C)O1. The van der Waals surface area contributed by atoms with E-state index < -0.39 is 0 Å². The van der Waals surface area contributed by atoms with E-state index in [4.69, 9.17) is 9.47 Å². The monoisotopic (exact) mass is 326 g/mol. The Balaban J connectivity index is 1.67. The summed E-state index contributed by atoms with van der Waals surface area (Å²) in [4.78, 5) is 0. The quantitative estimate of drug-likeness (QED) is 0.726. The summed E-state index contributed by atoms with van der Waals surface area (Å²) in [6.07, 6.45) is 7.37. The highest BCUT2D eigenvalue weighted by Crippen LogP contribution is 2.59. The lowest BCUT2D eigenvalue weighted by Crippen LogP contribution is -2.61. The van der Waals surface area contributed by atoms with Gasteiger partial charge in [-0.3, -0.25) is 0 Å². The topological polar surface area (TPSA) is 18.5 Å². The molecule has 2 bridgehead atoms. The Hall–Kier alpha value is -1.12. The summed E-state index contributed by atoms with van der Waals surface area (Å²) < 4.78 is 13.4. The molecule has 0 spiro atoms. The molecule has 3 unspecified atom stereocenters. The fraction of sp³-hybridized carbons (Fsp3) is 0.636. The van der Waals surface area contributed by atoms with Crippen LogP contribution < -0.4 is 0 Å². The van der Waals surface area contributed by atoms with Crippen molar-refractivity contribution < 1.29 is 9.47 Å². The van der Waals surface area contributed by atoms with Gasteiger partial charge in [0.15, 0.2) is 0 Å². The van der Waals surface area contributed by atoms with Gasteiger partial charge in [-0.15, -0.1) is 0 Å². The van der Waals surface area contributed by atoms with Gasteiger partial charge in [0.25, 0.3) is 0 Å². The summed E-state index contributed by atoms with van der Waals surface area (Å²) in [5.74, 6) is 2.28. The fourth-order valence-electron chi connectivity index (χ4n) is 5.44. The van der Waals surface area contributed by atoms with E-state index in [0.717, 1.165) is 0 Å². The smallest absolute Gasteiger partial charge is 0.116 e. The summed E-state index contributed by atoms with van der Waals surface area (Å²) in [5.41, 5.74) is 0.865. The van der Waals surface area contributed by atoms with Crippen LogP contribution in [0.15, 0.2) is 42.5 Å². The summed E-state index contributed by atoms with van der Waals surface area (Å²) in [6, 6.07) is 10.5. The molecule has 1 saturated carbocycles. The molecule has 0 amide bonds. The molecule has 6 atom stereocenters. The van der Waals surface area contributed by atoms with Crippen LogP contribution in [0.4, 0.5) is 0 Å². The van der Waals surface area contributed by atoms with Gasteiger partial charge in [0.05, 0.1) is 18.3 Å². The molecule has 130 valence electrons. The molecule has 24 heavy (non-hydrogen) atoms. The molecule has 1 aromatic rings. The summed E-state index contributed by atoms with van der Waals surface area (Å²) >= 11 is 0. The first-order chi connectivity index (χ1) is 11.5. The Morgan fingerprint density at radius 1 is 1.17 bits per heavy atom. The second-order valence-corrected chi connectivity index (χ2v) is 8.58. The maximum atomic E-state index is 6.76. The molecule has 2 fully saturated rings. The fourth-order valence-corrected chi connectivity index (χ4v) is 5.44. The highest BCUT2D eigenvalue weighted by molar-refractivity contribution is 5.29. The van der Waals surface area contributed by atoms with Crippen LogP contribution >= 0.6 is 0 Å². The second-order valence-electron chi connectivity index (χ2n) is 8.58. The van der Waals surface area contributed by atoms with Crippen LogP contribution in [0.5, 0.6) is 0 Å². The first-order valence-electron chi connectivity index (χ1n) is 9.52. The van der Waals surface area contributed by atoms with Gasteiger partial charge in [0, 0.05) is 0 Å². The van der Waals surface area contributed by atoms with Crippen LogP contribution in [-0.2, 0) is 16.1 Å². The summed E-state index contributed by atoms with van der Waals surface area (Å²) in [5, 5.41) is 0. The van der Waals surface area contributed by atoms with Crippen LogP contribution in [0.25, 0.3) is 0 Å². The zero-order valence-electron chi connectivity index (χ0n) is 15.4. The van der Waals surface area contributed by atoms with E-state index in [2.05, 4.69) is 70.2 Å². The number of hydrogen-bond donors (Lipinski definition) is 0. The molecule has 1 aliphatic carbocycles. The van der Waals surface area contributed by atoms with Crippen molar-refractivity contribution in [2.45, 2.75) is 64.4 Å². The van der Waals surface area contributed by atoms with E-state index in [9.17, 15) is 0 Å². The highest BCUT2D eigenvalue weighted by Gasteiger charge is 2.64. The standard InChI is InChI=1S/C22H30O2/c1-15(2)22-13-12-21(4,24-22)18-11-10-16(3)19(18)20(22)23-14-17-8-6-5-7-9-17/h5-9,12-13,15-16,18-20H,10-11,14H2,1-4H3/t16?,18-,19?,20-,21?,22+/m1/s1. The van der Waals surface area contributed by atoms with Crippen LogP contribution in [0, 0.1) is 23.7 Å². The highest BCUT2D eigenvalue weighted by atomic mass is 16.6. The van der Waals surface area contributed by atoms with Crippen molar-refractivity contribution in [1.29, 1.82) is 0 Å². The molecule has 2 heterocycles. The van der Waals surface area contributed by atoms with E-state index in [0.29, 0.717) is 30.3 Å². The van der Waals surface area contributed by atoms with Gasteiger partial charge < -0.3 is 9.47 Å². The Morgan fingerprint density at radius 3 is 2.62 bits per heavy atom. The second kappa shape index (κ2) is 5.71. The number of ether oxygens (including phenoxy) is 2. The normalized spacial score (nSPS) is 43.4. The minimum Gasteiger partial charge on any atom is -0.370 e. The van der Waals surface area contributed by atoms with Crippen LogP contribution in [-0.4, -0.2) is 17.3 Å². The zero-order chi connectivity index (χ0) is 16.9. The first kappa shape index (κ1) is 16.4. The van der Waals surface area contributed by atoms with Crippen molar-refractivity contribution in [2.24, 2.45) is 23.7 Å². The molecule has 2 aliphatic heterocycles. The average Bonchev–Trinajstić information content (AvgIpc) is 3.10. The maximum Gasteiger partial charge on any atom is 0.116 e. The van der Waals surface area contributed by atoms with Gasteiger partial charge in [0.1, 0.15) is 5.60 Å². The molecular formula is C22H30O2. The molecule has 2 nitrogen and oxygen atoms in total. The van der Waals surface area contributed by atoms with E-state index in [1.165, 1.54) is 18.4 Å². The van der Waals surface area contributed by atoms with Gasteiger partial charge in [-0.2, -0.15) is 0 Å². The maximum absolute atomic E-state index is 6.76. The van der Waals surface area contributed by atoms with Crippen molar-refractivity contribution in [1.82, 2.24) is 0 Å². The Bertz CT molecular complexity index is 622. The molecule has 0 radical (unpaired) electrons. The molecule has 1 aromatic carbocycles. The minimum absolute atomic E-state index is 0.105. The average molecular weight is 326 g/mol. The van der Waals surface area contributed by atoms with E-state index in [-0.39, 0.29) is 17.3 Å². The Labute approximate surface area is 146 Å². The summed E-state index contributed by atoms with van der Waals surface area (Å²) in [7, 11) is 0. The third-order valence-electron chi connectivity index (χ3n) is 6.83. The molecule has 0 N–H and O–H groups in total. The number of rotatable bonds is 4. The third kappa shape index (κ3) is 2.30. The Morgan fingerprint density at radius 2 is 1.92 bits per heavy atom. The van der Waals surface area contributed by atoms with Crippen molar-refractivity contribution in [3.05, 3.63) is 48.0 Å². The predicted molar refractivity (Wildman–Crippen MR) is 96.6 cm³/mol. The number of benzene rings is 1. The van der Waals surface area contributed by atoms with Crippen LogP contribution in [0.2, 0.25) is 0 Å². The van der Waals surface area contributed by atoms with Gasteiger partial charge in [0.2, 0.25) is 0 Å².